The van der Waals surface area contributed by atoms with Gasteiger partial charge < -0.3 is 4.90 Å². The third kappa shape index (κ3) is 1.66. The molecule has 1 aromatic carbocycles. The van der Waals surface area contributed by atoms with E-state index in [1.807, 2.05) is 22.7 Å². The Balaban J connectivity index is 1.69. The van der Waals surface area contributed by atoms with Gasteiger partial charge in [-0.2, -0.15) is 0 Å². The van der Waals surface area contributed by atoms with E-state index in [1.54, 1.807) is 0 Å². The second-order valence-electron chi connectivity index (χ2n) is 5.85. The van der Waals surface area contributed by atoms with E-state index in [4.69, 9.17) is 0 Å². The normalized spacial score (nSPS) is 27.4. The van der Waals surface area contributed by atoms with Crippen LogP contribution in [0.25, 0.3) is 0 Å². The summed E-state index contributed by atoms with van der Waals surface area (Å²) in [5.41, 5.74) is 2.84. The Morgan fingerprint density at radius 2 is 2.21 bits per heavy atom. The van der Waals surface area contributed by atoms with Crippen molar-refractivity contribution in [3.63, 3.8) is 0 Å². The molecular weight excluding hydrogens is 256 g/mol. The Morgan fingerprint density at radius 3 is 2.89 bits per heavy atom. The van der Waals surface area contributed by atoms with Crippen LogP contribution < -0.4 is 10.2 Å². The van der Waals surface area contributed by atoms with Crippen molar-refractivity contribution in [2.45, 2.75) is 30.7 Å². The van der Waals surface area contributed by atoms with Crippen LogP contribution in [0.1, 0.15) is 24.8 Å². The predicted molar refractivity (Wildman–Crippen MR) is 78.6 cm³/mol. The number of thioether (sulfide) groups is 1. The molecule has 1 amide bonds. The number of fused-ring (bicyclic) bond motifs is 2. The lowest BCUT2D eigenvalue weighted by molar-refractivity contribution is -0.120. The molecule has 4 rings (SSSR count). The first-order valence-corrected chi connectivity index (χ1v) is 8.18. The largest absolute Gasteiger partial charge is 0.310 e. The summed E-state index contributed by atoms with van der Waals surface area (Å²) in [6.07, 6.45) is 3.77. The highest BCUT2D eigenvalue weighted by molar-refractivity contribution is 7.99. The number of carbonyl (C=O) groups excluding carboxylic acids is 1. The third-order valence-corrected chi connectivity index (χ3v) is 5.76. The molecule has 0 radical (unpaired) electrons. The molecule has 1 unspecified atom stereocenters. The zero-order valence-corrected chi connectivity index (χ0v) is 11.7. The van der Waals surface area contributed by atoms with Crippen molar-refractivity contribution in [2.75, 3.05) is 23.1 Å². The molecule has 0 bridgehead atoms. The van der Waals surface area contributed by atoms with Gasteiger partial charge >= 0.3 is 0 Å². The molecule has 4 heteroatoms. The standard InChI is InChI=1S/C15H18N2OS/c18-14(12-8-19-10-16-12)17-9-15(6-3-7-15)11-4-1-2-5-13(11)17/h1-2,4-5,12,16H,3,6-10H2. The van der Waals surface area contributed by atoms with Crippen LogP contribution in [0.5, 0.6) is 0 Å². The average molecular weight is 274 g/mol. The number of hydrogen-bond acceptors (Lipinski definition) is 3. The molecule has 1 aromatic rings. The average Bonchev–Trinajstić information content (AvgIpc) is 3.03. The van der Waals surface area contributed by atoms with E-state index in [2.05, 4.69) is 23.5 Å². The Kier molecular flexibility index (Phi) is 2.64. The highest BCUT2D eigenvalue weighted by Crippen LogP contribution is 2.52. The first kappa shape index (κ1) is 11.8. The van der Waals surface area contributed by atoms with Gasteiger partial charge in [0.05, 0.1) is 6.04 Å². The summed E-state index contributed by atoms with van der Waals surface area (Å²) in [5.74, 6) is 2.07. The van der Waals surface area contributed by atoms with Crippen molar-refractivity contribution in [1.82, 2.24) is 5.32 Å². The summed E-state index contributed by atoms with van der Waals surface area (Å²) in [4.78, 5) is 14.7. The molecule has 2 aliphatic heterocycles. The van der Waals surface area contributed by atoms with Crippen molar-refractivity contribution >= 4 is 23.4 Å². The van der Waals surface area contributed by atoms with E-state index >= 15 is 0 Å². The van der Waals surface area contributed by atoms with Crippen LogP contribution in [0.2, 0.25) is 0 Å². The fraction of sp³-hybridized carbons (Fsp3) is 0.533. The van der Waals surface area contributed by atoms with Gasteiger partial charge in [0, 0.05) is 29.3 Å². The molecule has 2 heterocycles. The van der Waals surface area contributed by atoms with E-state index in [9.17, 15) is 4.79 Å². The van der Waals surface area contributed by atoms with Crippen LogP contribution in [0, 0.1) is 0 Å². The molecule has 2 fully saturated rings. The Bertz CT molecular complexity index is 521. The van der Waals surface area contributed by atoms with Gasteiger partial charge in [-0.15, -0.1) is 11.8 Å². The molecule has 19 heavy (non-hydrogen) atoms. The minimum Gasteiger partial charge on any atom is -0.310 e. The van der Waals surface area contributed by atoms with Gasteiger partial charge in [0.1, 0.15) is 0 Å². The highest BCUT2D eigenvalue weighted by atomic mass is 32.2. The molecule has 1 spiro atoms. The van der Waals surface area contributed by atoms with Gasteiger partial charge in [0.25, 0.3) is 0 Å². The maximum Gasteiger partial charge on any atom is 0.245 e. The lowest BCUT2D eigenvalue weighted by Crippen LogP contribution is -2.48. The van der Waals surface area contributed by atoms with Gasteiger partial charge in [-0.25, -0.2) is 0 Å². The van der Waals surface area contributed by atoms with E-state index in [-0.39, 0.29) is 17.4 Å². The molecule has 3 nitrogen and oxygen atoms in total. The van der Waals surface area contributed by atoms with Crippen LogP contribution in [0.15, 0.2) is 24.3 Å². The first-order chi connectivity index (χ1) is 9.30. The van der Waals surface area contributed by atoms with Crippen molar-refractivity contribution in [3.05, 3.63) is 29.8 Å². The molecule has 1 saturated carbocycles. The van der Waals surface area contributed by atoms with Gasteiger partial charge in [0.2, 0.25) is 5.91 Å². The fourth-order valence-electron chi connectivity index (χ4n) is 3.60. The molecule has 1 atom stereocenters. The van der Waals surface area contributed by atoms with Gasteiger partial charge in [-0.3, -0.25) is 10.1 Å². The number of rotatable bonds is 1. The molecule has 1 N–H and O–H groups in total. The summed E-state index contributed by atoms with van der Waals surface area (Å²) in [6, 6.07) is 8.50. The van der Waals surface area contributed by atoms with Gasteiger partial charge in [-0.05, 0) is 24.5 Å². The van der Waals surface area contributed by atoms with Crippen molar-refractivity contribution in [2.24, 2.45) is 0 Å². The van der Waals surface area contributed by atoms with Crippen LogP contribution >= 0.6 is 11.8 Å². The summed E-state index contributed by atoms with van der Waals surface area (Å²) in [6.45, 7) is 0.897. The highest BCUT2D eigenvalue weighted by Gasteiger charge is 2.49. The monoisotopic (exact) mass is 274 g/mol. The minimum atomic E-state index is 0.00767. The summed E-state index contributed by atoms with van der Waals surface area (Å²) < 4.78 is 0. The van der Waals surface area contributed by atoms with E-state index in [0.29, 0.717) is 0 Å². The number of nitrogens with one attached hydrogen (secondary N) is 1. The van der Waals surface area contributed by atoms with E-state index in [1.165, 1.54) is 24.8 Å². The first-order valence-electron chi connectivity index (χ1n) is 7.02. The smallest absolute Gasteiger partial charge is 0.245 e. The lowest BCUT2D eigenvalue weighted by atomic mass is 9.66. The Labute approximate surface area is 117 Å². The van der Waals surface area contributed by atoms with Crippen molar-refractivity contribution in [3.8, 4) is 0 Å². The summed E-state index contributed by atoms with van der Waals surface area (Å²) in [5, 5.41) is 3.30. The number of carbonyl (C=O) groups is 1. The zero-order valence-electron chi connectivity index (χ0n) is 10.9. The van der Waals surface area contributed by atoms with Crippen molar-refractivity contribution < 1.29 is 4.79 Å². The Morgan fingerprint density at radius 1 is 1.37 bits per heavy atom. The number of para-hydroxylation sites is 1. The topological polar surface area (TPSA) is 32.3 Å². The molecule has 100 valence electrons. The number of hydrogen-bond donors (Lipinski definition) is 1. The van der Waals surface area contributed by atoms with E-state index in [0.717, 1.165) is 23.9 Å². The van der Waals surface area contributed by atoms with Crippen LogP contribution in [-0.2, 0) is 10.2 Å². The molecular formula is C15H18N2OS. The Hall–Kier alpha value is -1.00. The summed E-state index contributed by atoms with van der Waals surface area (Å²) >= 11 is 1.81. The number of amides is 1. The minimum absolute atomic E-state index is 0.00767. The van der Waals surface area contributed by atoms with Crippen LogP contribution in [0.4, 0.5) is 5.69 Å². The number of anilines is 1. The van der Waals surface area contributed by atoms with Crippen molar-refractivity contribution in [1.29, 1.82) is 0 Å². The van der Waals surface area contributed by atoms with Crippen LogP contribution in [0.3, 0.4) is 0 Å². The maximum absolute atomic E-state index is 12.7. The molecule has 1 saturated heterocycles. The second-order valence-corrected chi connectivity index (χ2v) is 6.88. The molecule has 0 aromatic heterocycles. The van der Waals surface area contributed by atoms with Crippen LogP contribution in [-0.4, -0.2) is 30.1 Å². The fourth-order valence-corrected chi connectivity index (χ4v) is 4.53. The lowest BCUT2D eigenvalue weighted by Gasteiger charge is -2.39. The van der Waals surface area contributed by atoms with Gasteiger partial charge in [-0.1, -0.05) is 24.6 Å². The maximum atomic E-state index is 12.7. The second kappa shape index (κ2) is 4.25. The van der Waals surface area contributed by atoms with Gasteiger partial charge in [0.15, 0.2) is 0 Å². The molecule has 1 aliphatic carbocycles. The third-order valence-electron chi connectivity index (χ3n) is 4.82. The number of nitrogens with zero attached hydrogens (tertiary/aromatic N) is 1. The molecule has 3 aliphatic rings. The SMILES string of the molecule is O=C(C1CSCN1)N1CC2(CCC2)c2ccccc21. The number of benzene rings is 1. The van der Waals surface area contributed by atoms with E-state index < -0.39 is 0 Å². The summed E-state index contributed by atoms with van der Waals surface area (Å²) in [7, 11) is 0. The zero-order chi connectivity index (χ0) is 12.9. The quantitative estimate of drug-likeness (QED) is 0.851. The predicted octanol–water partition coefficient (Wildman–Crippen LogP) is 2.12.